The second-order valence-electron chi connectivity index (χ2n) is 5.16. The molecule has 1 heterocycles. The van der Waals surface area contributed by atoms with Gasteiger partial charge in [-0.3, -0.25) is 4.79 Å². The molecule has 0 saturated heterocycles. The van der Waals surface area contributed by atoms with Gasteiger partial charge in [-0.25, -0.2) is 4.98 Å². The molecule has 1 aromatic heterocycles. The number of benzene rings is 1. The summed E-state index contributed by atoms with van der Waals surface area (Å²) < 4.78 is 0.00227. The van der Waals surface area contributed by atoms with Crippen molar-refractivity contribution in [2.75, 3.05) is 12.8 Å². The van der Waals surface area contributed by atoms with Crippen molar-refractivity contribution >= 4 is 40.2 Å². The minimum Gasteiger partial charge on any atom is -0.351 e. The Kier molecular flexibility index (Phi) is 4.55. The third-order valence-corrected chi connectivity index (χ3v) is 4.60. The molecule has 1 aromatic carbocycles. The summed E-state index contributed by atoms with van der Waals surface area (Å²) in [7, 11) is 0. The van der Waals surface area contributed by atoms with Gasteiger partial charge in [0.25, 0.3) is 5.91 Å². The summed E-state index contributed by atoms with van der Waals surface area (Å²) >= 11 is 7.71. The maximum Gasteiger partial charge on any atom is 0.252 e. The van der Waals surface area contributed by atoms with E-state index in [0.29, 0.717) is 17.3 Å². The van der Waals surface area contributed by atoms with Crippen molar-refractivity contribution in [3.63, 3.8) is 0 Å². The van der Waals surface area contributed by atoms with Gasteiger partial charge in [-0.2, -0.15) is 11.8 Å². The zero-order valence-electron chi connectivity index (χ0n) is 11.7. The van der Waals surface area contributed by atoms with Gasteiger partial charge in [0.15, 0.2) is 0 Å². The second-order valence-corrected chi connectivity index (χ2v) is 7.06. The SMILES string of the molecule is CSC(C)(C)CNC(=O)c1cc(Cl)nc2ccccc12. The minimum atomic E-state index is -0.118. The highest BCUT2D eigenvalue weighted by molar-refractivity contribution is 7.99. The van der Waals surface area contributed by atoms with E-state index in [4.69, 9.17) is 11.6 Å². The van der Waals surface area contributed by atoms with Crippen LogP contribution in [0.1, 0.15) is 24.2 Å². The van der Waals surface area contributed by atoms with Gasteiger partial charge in [0.2, 0.25) is 0 Å². The maximum atomic E-state index is 12.4. The Morgan fingerprint density at radius 1 is 1.40 bits per heavy atom. The van der Waals surface area contributed by atoms with Gasteiger partial charge in [0, 0.05) is 16.7 Å². The zero-order valence-corrected chi connectivity index (χ0v) is 13.3. The fourth-order valence-corrected chi connectivity index (χ4v) is 2.21. The van der Waals surface area contributed by atoms with E-state index < -0.39 is 0 Å². The number of carbonyl (C=O) groups is 1. The predicted octanol–water partition coefficient (Wildman–Crippen LogP) is 3.76. The van der Waals surface area contributed by atoms with Crippen LogP contribution in [0.15, 0.2) is 30.3 Å². The van der Waals surface area contributed by atoms with E-state index in [0.717, 1.165) is 10.9 Å². The van der Waals surface area contributed by atoms with E-state index in [2.05, 4.69) is 24.1 Å². The number of thioether (sulfide) groups is 1. The summed E-state index contributed by atoms with van der Waals surface area (Å²) in [5, 5.41) is 4.11. The fourth-order valence-electron chi connectivity index (χ4n) is 1.79. The van der Waals surface area contributed by atoms with Crippen LogP contribution in [0, 0.1) is 0 Å². The van der Waals surface area contributed by atoms with Gasteiger partial charge in [-0.1, -0.05) is 29.8 Å². The first-order valence-corrected chi connectivity index (χ1v) is 7.92. The number of amides is 1. The fraction of sp³-hybridized carbons (Fsp3) is 0.333. The van der Waals surface area contributed by atoms with Crippen LogP contribution < -0.4 is 5.32 Å². The van der Waals surface area contributed by atoms with Gasteiger partial charge in [0.05, 0.1) is 11.1 Å². The molecule has 2 rings (SSSR count). The highest BCUT2D eigenvalue weighted by Crippen LogP contribution is 2.22. The molecule has 0 fully saturated rings. The summed E-state index contributed by atoms with van der Waals surface area (Å²) in [6.07, 6.45) is 2.03. The molecule has 0 unspecified atom stereocenters. The Morgan fingerprint density at radius 2 is 2.10 bits per heavy atom. The smallest absolute Gasteiger partial charge is 0.252 e. The maximum absolute atomic E-state index is 12.4. The third-order valence-electron chi connectivity index (χ3n) is 3.16. The Balaban J connectivity index is 2.30. The van der Waals surface area contributed by atoms with Crippen molar-refractivity contribution in [1.29, 1.82) is 0 Å². The molecule has 0 bridgehead atoms. The number of nitrogens with one attached hydrogen (secondary N) is 1. The Morgan fingerprint density at radius 3 is 2.80 bits per heavy atom. The van der Waals surface area contributed by atoms with Crippen LogP contribution in [0.4, 0.5) is 0 Å². The summed E-state index contributed by atoms with van der Waals surface area (Å²) in [5.74, 6) is -0.118. The molecule has 1 amide bonds. The van der Waals surface area contributed by atoms with Crippen LogP contribution in [-0.4, -0.2) is 28.4 Å². The largest absolute Gasteiger partial charge is 0.351 e. The summed E-state index contributed by atoms with van der Waals surface area (Å²) in [4.78, 5) is 16.6. The standard InChI is InChI=1S/C15H17ClN2OS/c1-15(2,20-3)9-17-14(19)11-8-13(16)18-12-7-5-4-6-10(11)12/h4-8H,9H2,1-3H3,(H,17,19). The molecule has 0 saturated carbocycles. The highest BCUT2D eigenvalue weighted by atomic mass is 35.5. The Labute approximate surface area is 128 Å². The van der Waals surface area contributed by atoms with E-state index >= 15 is 0 Å². The highest BCUT2D eigenvalue weighted by Gasteiger charge is 2.19. The first-order valence-electron chi connectivity index (χ1n) is 6.31. The van der Waals surface area contributed by atoms with Gasteiger partial charge in [-0.15, -0.1) is 0 Å². The average molecular weight is 309 g/mol. The van der Waals surface area contributed by atoms with E-state index in [-0.39, 0.29) is 10.7 Å². The number of aromatic nitrogens is 1. The number of rotatable bonds is 4. The molecule has 3 nitrogen and oxygen atoms in total. The van der Waals surface area contributed by atoms with Crippen molar-refractivity contribution in [2.24, 2.45) is 0 Å². The predicted molar refractivity (Wildman–Crippen MR) is 86.7 cm³/mol. The molecule has 0 radical (unpaired) electrons. The molecule has 0 aliphatic rings. The number of hydrogen-bond acceptors (Lipinski definition) is 3. The molecule has 0 spiro atoms. The number of carbonyl (C=O) groups excluding carboxylic acids is 1. The first-order chi connectivity index (χ1) is 9.43. The van der Waals surface area contributed by atoms with Crippen LogP contribution in [0.5, 0.6) is 0 Å². The van der Waals surface area contributed by atoms with E-state index in [1.165, 1.54) is 0 Å². The lowest BCUT2D eigenvalue weighted by atomic mass is 10.1. The monoisotopic (exact) mass is 308 g/mol. The Hall–Kier alpha value is -1.26. The number of halogens is 1. The summed E-state index contributed by atoms with van der Waals surface area (Å²) in [6, 6.07) is 9.12. The Bertz CT molecular complexity index is 643. The molecule has 0 atom stereocenters. The minimum absolute atomic E-state index is 0.00227. The van der Waals surface area contributed by atoms with Crippen LogP contribution in [0.3, 0.4) is 0 Å². The van der Waals surface area contributed by atoms with Crippen LogP contribution in [0.2, 0.25) is 5.15 Å². The first kappa shape index (κ1) is 15.1. The number of para-hydroxylation sites is 1. The number of nitrogens with zero attached hydrogens (tertiary/aromatic N) is 1. The van der Waals surface area contributed by atoms with Crippen molar-refractivity contribution in [2.45, 2.75) is 18.6 Å². The van der Waals surface area contributed by atoms with Gasteiger partial charge in [0.1, 0.15) is 5.15 Å². The molecule has 106 valence electrons. The summed E-state index contributed by atoms with van der Waals surface area (Å²) in [6.45, 7) is 4.78. The quantitative estimate of drug-likeness (QED) is 0.874. The lowest BCUT2D eigenvalue weighted by Crippen LogP contribution is -2.36. The van der Waals surface area contributed by atoms with Gasteiger partial charge >= 0.3 is 0 Å². The van der Waals surface area contributed by atoms with Gasteiger partial charge in [-0.05, 0) is 32.2 Å². The van der Waals surface area contributed by atoms with Crippen molar-refractivity contribution < 1.29 is 4.79 Å². The van der Waals surface area contributed by atoms with E-state index in [1.807, 2.05) is 30.5 Å². The number of fused-ring (bicyclic) bond motifs is 1. The molecule has 0 aliphatic heterocycles. The molecule has 20 heavy (non-hydrogen) atoms. The topological polar surface area (TPSA) is 42.0 Å². The van der Waals surface area contributed by atoms with Crippen LogP contribution in [0.25, 0.3) is 10.9 Å². The van der Waals surface area contributed by atoms with E-state index in [1.54, 1.807) is 17.8 Å². The molecule has 0 aliphatic carbocycles. The lowest BCUT2D eigenvalue weighted by Gasteiger charge is -2.22. The molecular formula is C15H17ClN2OS. The normalized spacial score (nSPS) is 11.6. The molecule has 5 heteroatoms. The van der Waals surface area contributed by atoms with Crippen molar-refractivity contribution in [3.05, 3.63) is 41.0 Å². The lowest BCUT2D eigenvalue weighted by molar-refractivity contribution is 0.0952. The summed E-state index contributed by atoms with van der Waals surface area (Å²) in [5.41, 5.74) is 1.30. The second kappa shape index (κ2) is 6.02. The third kappa shape index (κ3) is 3.44. The van der Waals surface area contributed by atoms with Gasteiger partial charge < -0.3 is 5.32 Å². The zero-order chi connectivity index (χ0) is 14.8. The van der Waals surface area contributed by atoms with E-state index in [9.17, 15) is 4.79 Å². The van der Waals surface area contributed by atoms with Crippen molar-refractivity contribution in [1.82, 2.24) is 10.3 Å². The number of pyridine rings is 1. The molecule has 1 N–H and O–H groups in total. The van der Waals surface area contributed by atoms with Crippen LogP contribution in [-0.2, 0) is 0 Å². The molecular weight excluding hydrogens is 292 g/mol. The molecule has 2 aromatic rings. The van der Waals surface area contributed by atoms with Crippen molar-refractivity contribution in [3.8, 4) is 0 Å². The average Bonchev–Trinajstić information content (AvgIpc) is 2.44. The van der Waals surface area contributed by atoms with Crippen LogP contribution >= 0.6 is 23.4 Å². The number of hydrogen-bond donors (Lipinski definition) is 1.